The van der Waals surface area contributed by atoms with Crippen LogP contribution in [0, 0.1) is 10.1 Å². The van der Waals surface area contributed by atoms with E-state index in [0.29, 0.717) is 12.2 Å². The average molecular weight is 375 g/mol. The van der Waals surface area contributed by atoms with Gasteiger partial charge in [-0.15, -0.1) is 0 Å². The molecule has 0 aliphatic carbocycles. The van der Waals surface area contributed by atoms with Crippen LogP contribution in [0.25, 0.3) is 6.08 Å². The number of rotatable bonds is 14. The molecule has 27 heavy (non-hydrogen) atoms. The first kappa shape index (κ1) is 22.5. The standard InChI is InChI=1S/C21H29NO5/c1-2-3-4-5-6-7-8-9-15-27-21(24)17-20(23)14-13-18-11-10-12-19(16-18)22(25)26/h10-14,16H,2-9,15,17H2,1H3. The van der Waals surface area contributed by atoms with E-state index in [-0.39, 0.29) is 17.9 Å². The van der Waals surface area contributed by atoms with E-state index in [1.165, 1.54) is 56.4 Å². The SMILES string of the molecule is CCCCCCCCCCOC(=O)CC(=O)C=Cc1cccc([N+](=O)[O-])c1. The van der Waals surface area contributed by atoms with Gasteiger partial charge in [0.05, 0.1) is 11.5 Å². The molecule has 1 aromatic rings. The van der Waals surface area contributed by atoms with Gasteiger partial charge in [-0.2, -0.15) is 0 Å². The summed E-state index contributed by atoms with van der Waals surface area (Å²) in [5, 5.41) is 10.7. The molecule has 0 atom stereocenters. The summed E-state index contributed by atoms with van der Waals surface area (Å²) in [6, 6.07) is 5.93. The van der Waals surface area contributed by atoms with Crippen LogP contribution in [0.4, 0.5) is 5.69 Å². The molecule has 0 bridgehead atoms. The molecule has 0 saturated carbocycles. The van der Waals surface area contributed by atoms with Gasteiger partial charge in [0.25, 0.3) is 5.69 Å². The normalized spacial score (nSPS) is 10.9. The van der Waals surface area contributed by atoms with Gasteiger partial charge < -0.3 is 4.74 Å². The number of carbonyl (C=O) groups is 2. The first-order valence-corrected chi connectivity index (χ1v) is 9.64. The fourth-order valence-corrected chi connectivity index (χ4v) is 2.61. The quantitative estimate of drug-likeness (QED) is 0.111. The van der Waals surface area contributed by atoms with Crippen molar-refractivity contribution in [3.8, 4) is 0 Å². The van der Waals surface area contributed by atoms with Crippen LogP contribution in [0.5, 0.6) is 0 Å². The van der Waals surface area contributed by atoms with E-state index in [9.17, 15) is 19.7 Å². The van der Waals surface area contributed by atoms with Gasteiger partial charge in [-0.05, 0) is 18.1 Å². The topological polar surface area (TPSA) is 86.5 Å². The van der Waals surface area contributed by atoms with Crippen molar-refractivity contribution >= 4 is 23.5 Å². The second kappa shape index (κ2) is 13.7. The summed E-state index contributed by atoms with van der Waals surface area (Å²) in [6.45, 7) is 2.54. The van der Waals surface area contributed by atoms with Gasteiger partial charge in [-0.25, -0.2) is 0 Å². The van der Waals surface area contributed by atoms with Gasteiger partial charge in [0.2, 0.25) is 0 Å². The Morgan fingerprint density at radius 1 is 1.07 bits per heavy atom. The molecule has 0 saturated heterocycles. The van der Waals surface area contributed by atoms with Gasteiger partial charge in [0.15, 0.2) is 5.78 Å². The molecule has 0 amide bonds. The van der Waals surface area contributed by atoms with Crippen molar-refractivity contribution in [2.24, 2.45) is 0 Å². The van der Waals surface area contributed by atoms with Gasteiger partial charge in [0.1, 0.15) is 6.42 Å². The maximum absolute atomic E-state index is 11.8. The summed E-state index contributed by atoms with van der Waals surface area (Å²) in [6.07, 6.45) is 11.7. The van der Waals surface area contributed by atoms with Crippen molar-refractivity contribution in [1.29, 1.82) is 0 Å². The van der Waals surface area contributed by atoms with Crippen LogP contribution < -0.4 is 0 Å². The number of carbonyl (C=O) groups excluding carboxylic acids is 2. The summed E-state index contributed by atoms with van der Waals surface area (Å²) < 4.78 is 5.08. The number of nitrogens with zero attached hydrogens (tertiary/aromatic N) is 1. The van der Waals surface area contributed by atoms with Crippen LogP contribution in [0.1, 0.15) is 70.3 Å². The van der Waals surface area contributed by atoms with Crippen molar-refractivity contribution in [3.05, 3.63) is 46.0 Å². The Hall–Kier alpha value is -2.50. The summed E-state index contributed by atoms with van der Waals surface area (Å²) in [5.41, 5.74) is 0.485. The van der Waals surface area contributed by atoms with Crippen molar-refractivity contribution in [3.63, 3.8) is 0 Å². The van der Waals surface area contributed by atoms with E-state index < -0.39 is 10.9 Å². The monoisotopic (exact) mass is 375 g/mol. The highest BCUT2D eigenvalue weighted by Crippen LogP contribution is 2.14. The zero-order chi connectivity index (χ0) is 19.9. The Bertz CT molecular complexity index is 639. The molecule has 6 heteroatoms. The molecule has 0 aromatic heterocycles. The molecule has 0 heterocycles. The summed E-state index contributed by atoms with van der Waals surface area (Å²) in [7, 11) is 0. The number of benzene rings is 1. The third kappa shape index (κ3) is 10.9. The zero-order valence-electron chi connectivity index (χ0n) is 16.0. The Balaban J connectivity index is 2.18. The van der Waals surface area contributed by atoms with Crippen molar-refractivity contribution in [1.82, 2.24) is 0 Å². The maximum Gasteiger partial charge on any atom is 0.313 e. The Kier molecular flexibility index (Phi) is 11.4. The number of ether oxygens (including phenoxy) is 1. The number of allylic oxidation sites excluding steroid dienone is 1. The van der Waals surface area contributed by atoms with Crippen LogP contribution in [0.3, 0.4) is 0 Å². The Labute approximate surface area is 160 Å². The van der Waals surface area contributed by atoms with E-state index in [2.05, 4.69) is 6.92 Å². The highest BCUT2D eigenvalue weighted by atomic mass is 16.6. The zero-order valence-corrected chi connectivity index (χ0v) is 16.0. The molecule has 0 radical (unpaired) electrons. The predicted octanol–water partition coefficient (Wildman–Crippen LogP) is 5.25. The number of unbranched alkanes of at least 4 members (excludes halogenated alkanes) is 7. The number of nitro groups is 1. The van der Waals surface area contributed by atoms with Crippen molar-refractivity contribution in [2.75, 3.05) is 6.61 Å². The van der Waals surface area contributed by atoms with Gasteiger partial charge in [0, 0.05) is 12.1 Å². The Morgan fingerprint density at radius 2 is 1.74 bits per heavy atom. The molecule has 0 fully saturated rings. The van der Waals surface area contributed by atoms with Gasteiger partial charge in [-0.3, -0.25) is 19.7 Å². The van der Waals surface area contributed by atoms with Crippen LogP contribution in [-0.4, -0.2) is 23.3 Å². The van der Waals surface area contributed by atoms with Gasteiger partial charge in [-0.1, -0.05) is 70.1 Å². The summed E-state index contributed by atoms with van der Waals surface area (Å²) >= 11 is 0. The van der Waals surface area contributed by atoms with Crippen LogP contribution in [0.2, 0.25) is 0 Å². The van der Waals surface area contributed by atoms with Crippen LogP contribution in [-0.2, 0) is 14.3 Å². The molecule has 148 valence electrons. The lowest BCUT2D eigenvalue weighted by Gasteiger charge is -2.04. The molecule has 0 spiro atoms. The van der Waals surface area contributed by atoms with Crippen molar-refractivity contribution < 1.29 is 19.2 Å². The van der Waals surface area contributed by atoms with Crippen LogP contribution >= 0.6 is 0 Å². The number of hydrogen-bond donors (Lipinski definition) is 0. The number of ketones is 1. The molecule has 6 nitrogen and oxygen atoms in total. The van der Waals surface area contributed by atoms with E-state index in [0.717, 1.165) is 19.3 Å². The highest BCUT2D eigenvalue weighted by molar-refractivity contribution is 6.03. The van der Waals surface area contributed by atoms with E-state index in [4.69, 9.17) is 4.74 Å². The lowest BCUT2D eigenvalue weighted by atomic mass is 10.1. The van der Waals surface area contributed by atoms with Crippen molar-refractivity contribution in [2.45, 2.75) is 64.7 Å². The smallest absolute Gasteiger partial charge is 0.313 e. The number of non-ortho nitro benzene ring substituents is 1. The average Bonchev–Trinajstić information content (AvgIpc) is 2.65. The highest BCUT2D eigenvalue weighted by Gasteiger charge is 2.08. The van der Waals surface area contributed by atoms with E-state index in [1.807, 2.05) is 0 Å². The maximum atomic E-state index is 11.8. The minimum absolute atomic E-state index is 0.0469. The molecule has 0 aliphatic heterocycles. The molecule has 0 unspecified atom stereocenters. The minimum Gasteiger partial charge on any atom is -0.465 e. The molecular weight excluding hydrogens is 346 g/mol. The van der Waals surface area contributed by atoms with E-state index in [1.54, 1.807) is 12.1 Å². The molecule has 1 rings (SSSR count). The second-order valence-corrected chi connectivity index (χ2v) is 6.52. The van der Waals surface area contributed by atoms with E-state index >= 15 is 0 Å². The predicted molar refractivity (Wildman–Crippen MR) is 105 cm³/mol. The molecular formula is C21H29NO5. The Morgan fingerprint density at radius 3 is 2.41 bits per heavy atom. The largest absolute Gasteiger partial charge is 0.465 e. The third-order valence-corrected chi connectivity index (χ3v) is 4.12. The summed E-state index contributed by atoms with van der Waals surface area (Å²) in [5.74, 6) is -0.922. The minimum atomic E-state index is -0.536. The lowest BCUT2D eigenvalue weighted by molar-refractivity contribution is -0.384. The number of nitro benzene ring substituents is 1. The third-order valence-electron chi connectivity index (χ3n) is 4.12. The van der Waals surface area contributed by atoms with Gasteiger partial charge >= 0.3 is 5.97 Å². The fraction of sp³-hybridized carbons (Fsp3) is 0.524. The second-order valence-electron chi connectivity index (χ2n) is 6.52. The number of esters is 1. The molecule has 0 aliphatic rings. The molecule has 1 aromatic carbocycles. The number of hydrogen-bond acceptors (Lipinski definition) is 5. The summed E-state index contributed by atoms with van der Waals surface area (Å²) in [4.78, 5) is 33.7. The lowest BCUT2D eigenvalue weighted by Crippen LogP contribution is -2.10. The molecule has 0 N–H and O–H groups in total. The first-order valence-electron chi connectivity index (χ1n) is 9.64. The first-order chi connectivity index (χ1) is 13.0. The fourth-order valence-electron chi connectivity index (χ4n) is 2.61. The van der Waals surface area contributed by atoms with Crippen LogP contribution in [0.15, 0.2) is 30.3 Å².